The first-order valence-electron chi connectivity index (χ1n) is 30.0. The number of aliphatic imine (C=N–C) groups is 1. The van der Waals surface area contributed by atoms with Gasteiger partial charge in [-0.15, -0.1) is 0 Å². The van der Waals surface area contributed by atoms with E-state index in [0.717, 1.165) is 0 Å². The summed E-state index contributed by atoms with van der Waals surface area (Å²) >= 11 is 0. The summed E-state index contributed by atoms with van der Waals surface area (Å²) in [5, 5.41) is 43.8. The zero-order chi connectivity index (χ0) is 64.2. The van der Waals surface area contributed by atoms with E-state index in [1.54, 1.807) is 44.2 Å². The highest BCUT2D eigenvalue weighted by Crippen LogP contribution is 2.23. The molecule has 2 fully saturated rings. The van der Waals surface area contributed by atoms with Crippen LogP contribution in [0.4, 0.5) is 0 Å². The molecule has 0 radical (unpaired) electrons. The lowest BCUT2D eigenvalue weighted by molar-refractivity contribution is -0.145. The summed E-state index contributed by atoms with van der Waals surface area (Å²) in [6, 6.07) is -3.86. The number of carbonyl (C=O) groups is 12. The number of carboxylic acids is 1. The topological polar surface area (TPSA) is 450 Å². The molecule has 1 aromatic rings. The highest BCUT2D eigenvalue weighted by Gasteiger charge is 2.42. The summed E-state index contributed by atoms with van der Waals surface area (Å²) in [6.45, 7) is 5.73. The van der Waals surface area contributed by atoms with Gasteiger partial charge in [0.15, 0.2) is 5.96 Å². The smallest absolute Gasteiger partial charge is 0.326 e. The van der Waals surface area contributed by atoms with Crippen LogP contribution in [0.1, 0.15) is 130 Å². The Hall–Kier alpha value is -8.21. The number of nitrogens with two attached hydrogens (primary N) is 3. The van der Waals surface area contributed by atoms with Crippen molar-refractivity contribution in [3.05, 3.63) is 48.0 Å². The molecule has 87 heavy (non-hydrogen) atoms. The fourth-order valence-corrected chi connectivity index (χ4v) is 10.4. The fourth-order valence-electron chi connectivity index (χ4n) is 10.4. The van der Waals surface area contributed by atoms with Crippen LogP contribution in [-0.4, -0.2) is 197 Å². The van der Waals surface area contributed by atoms with E-state index in [1.807, 2.05) is 6.92 Å². The molecule has 0 bridgehead atoms. The van der Waals surface area contributed by atoms with Crippen LogP contribution in [0.2, 0.25) is 0 Å². The molecule has 17 N–H and O–H groups in total. The molecule has 3 heterocycles. The third-order valence-electron chi connectivity index (χ3n) is 15.0. The largest absolute Gasteiger partial charge is 0.480 e. The van der Waals surface area contributed by atoms with E-state index in [1.165, 1.54) is 28.9 Å². The molecule has 1 aromatic carbocycles. The van der Waals surface area contributed by atoms with E-state index in [0.29, 0.717) is 44.1 Å². The summed E-state index contributed by atoms with van der Waals surface area (Å²) in [7, 11) is 0. The first-order valence-corrected chi connectivity index (χ1v) is 30.0. The predicted octanol–water partition coefficient (Wildman–Crippen LogP) is -2.93. The minimum Gasteiger partial charge on any atom is -0.480 e. The SMILES string of the molecule is CCCC[C@H](NC(=O)[C@@H]1CCCN1C(=O)CNC(=O)[C@H](CCCCN)NC(=O)[C@@H]1C/C=C\C[C@H](NC(C)=O)C(=O)N[C@@H](CCCN=C(N)N)C(=O)N[C@@H](CC(C)C)C(=O)N[C@@H](CO)C(=O)N1)C(=O)N1CCC[C@H]1C(=O)N[C@@H](Cc1ccccc1)C(=O)O. The van der Waals surface area contributed by atoms with Gasteiger partial charge in [0, 0.05) is 33.0 Å². The lowest BCUT2D eigenvalue weighted by atomic mass is 10.0. The lowest BCUT2D eigenvalue weighted by Crippen LogP contribution is -2.60. The number of aliphatic hydroxyl groups is 1. The number of hydrogen-bond donors (Lipinski definition) is 14. The van der Waals surface area contributed by atoms with Crippen LogP contribution in [0.5, 0.6) is 0 Å². The number of amides is 11. The third-order valence-corrected chi connectivity index (χ3v) is 15.0. The molecule has 3 aliphatic rings. The van der Waals surface area contributed by atoms with Crippen LogP contribution < -0.4 is 65.1 Å². The van der Waals surface area contributed by atoms with Crippen molar-refractivity contribution >= 4 is 76.9 Å². The van der Waals surface area contributed by atoms with E-state index in [2.05, 4.69) is 52.8 Å². The number of nitrogens with one attached hydrogen (secondary N) is 9. The Bertz CT molecular complexity index is 2600. The Morgan fingerprint density at radius 3 is 1.92 bits per heavy atom. The lowest BCUT2D eigenvalue weighted by Gasteiger charge is -2.31. The van der Waals surface area contributed by atoms with Crippen LogP contribution in [-0.2, 0) is 64.0 Å². The number of aliphatic hydroxyl groups excluding tert-OH is 1. The molecule has 10 atom stereocenters. The van der Waals surface area contributed by atoms with Gasteiger partial charge in [0.05, 0.1) is 13.2 Å². The van der Waals surface area contributed by atoms with Gasteiger partial charge in [-0.05, 0) is 101 Å². The molecule has 29 nitrogen and oxygen atoms in total. The van der Waals surface area contributed by atoms with Gasteiger partial charge < -0.3 is 85.1 Å². The number of hydrogen-bond acceptors (Lipinski definition) is 15. The van der Waals surface area contributed by atoms with Crippen molar-refractivity contribution in [2.24, 2.45) is 28.1 Å². The zero-order valence-corrected chi connectivity index (χ0v) is 50.3. The second-order valence-electron chi connectivity index (χ2n) is 22.5. The number of guanidine groups is 1. The maximum absolute atomic E-state index is 14.3. The van der Waals surface area contributed by atoms with Crippen molar-refractivity contribution in [1.29, 1.82) is 0 Å². The molecule has 0 spiro atoms. The highest BCUT2D eigenvalue weighted by atomic mass is 16.4. The molecule has 482 valence electrons. The Kier molecular flexibility index (Phi) is 30.1. The summed E-state index contributed by atoms with van der Waals surface area (Å²) < 4.78 is 0. The van der Waals surface area contributed by atoms with Crippen molar-refractivity contribution in [3.63, 3.8) is 0 Å². The predicted molar refractivity (Wildman–Crippen MR) is 319 cm³/mol. The average molecular weight is 1220 g/mol. The number of carbonyl (C=O) groups excluding carboxylic acids is 11. The van der Waals surface area contributed by atoms with Crippen LogP contribution >= 0.6 is 0 Å². The molecule has 0 aromatic heterocycles. The summed E-state index contributed by atoms with van der Waals surface area (Å²) in [6.07, 6.45) is 6.23. The van der Waals surface area contributed by atoms with E-state index in [-0.39, 0.29) is 102 Å². The van der Waals surface area contributed by atoms with E-state index < -0.39 is 145 Å². The Morgan fingerprint density at radius 1 is 0.713 bits per heavy atom. The molecule has 0 unspecified atom stereocenters. The van der Waals surface area contributed by atoms with Crippen molar-refractivity contribution in [3.8, 4) is 0 Å². The van der Waals surface area contributed by atoms with Gasteiger partial charge in [0.25, 0.3) is 0 Å². The van der Waals surface area contributed by atoms with Gasteiger partial charge in [0.1, 0.15) is 60.4 Å². The number of rotatable bonds is 28. The third kappa shape index (κ3) is 23.5. The summed E-state index contributed by atoms with van der Waals surface area (Å²) in [5.41, 5.74) is 17.4. The van der Waals surface area contributed by atoms with Gasteiger partial charge in [-0.2, -0.15) is 0 Å². The summed E-state index contributed by atoms with van der Waals surface area (Å²) in [4.78, 5) is 171. The maximum Gasteiger partial charge on any atom is 0.326 e. The minimum atomic E-state index is -1.66. The zero-order valence-electron chi connectivity index (χ0n) is 50.3. The second kappa shape index (κ2) is 36.7. The standard InChI is InChI=1S/C58H91N15O14/c1-5-6-19-41(56(85)73-29-16-25-46(73)55(84)70-43(57(86)87)31-36-17-8-7-9-18-36)68-54(83)45-24-15-28-72(45)47(76)32-63-48(77)37(22-12-13-26-59)65-50(79)39-21-11-10-20-38(64-35(4)75)49(78)66-40(23-14-27-62-58(60)61)51(80)69-42(30-34(2)3)52(81)71-44(33-74)53(82)67-39/h7-11,17-18,34,37-46,74H,5-6,12-16,19-33,59H2,1-4H3,(H,63,77)(H,64,75)(H,65,79)(H,66,78)(H,67,82)(H,68,83)(H,69,80)(H,70,84)(H,71,81)(H,86,87)(H4,60,61,62)/b11-10-/t37-,38-,39-,40-,41-,42-,43-,44-,45-,46-/m0/s1. The average Bonchev–Trinajstić information content (AvgIpc) is 4.38. The van der Waals surface area contributed by atoms with E-state index in [9.17, 15) is 67.7 Å². The number of unbranched alkanes of at least 4 members (excludes halogenated alkanes) is 2. The Morgan fingerprint density at radius 2 is 1.30 bits per heavy atom. The molecule has 0 saturated carbocycles. The molecule has 11 amide bonds. The van der Waals surface area contributed by atoms with Crippen LogP contribution in [0.15, 0.2) is 47.5 Å². The van der Waals surface area contributed by atoms with Crippen LogP contribution in [0.25, 0.3) is 0 Å². The quantitative estimate of drug-likeness (QED) is 0.0173. The van der Waals surface area contributed by atoms with Crippen LogP contribution in [0, 0.1) is 5.92 Å². The second-order valence-corrected chi connectivity index (χ2v) is 22.5. The first kappa shape index (κ1) is 71.3. The first-order chi connectivity index (χ1) is 41.5. The monoisotopic (exact) mass is 1220 g/mol. The van der Waals surface area contributed by atoms with Gasteiger partial charge in [0.2, 0.25) is 65.0 Å². The highest BCUT2D eigenvalue weighted by molar-refractivity contribution is 5.99. The number of carboxylic acid groups (broad SMARTS) is 1. The molecule has 4 rings (SSSR count). The number of nitrogens with zero attached hydrogens (tertiary/aromatic N) is 3. The maximum atomic E-state index is 14.3. The van der Waals surface area contributed by atoms with E-state index >= 15 is 0 Å². The van der Waals surface area contributed by atoms with E-state index in [4.69, 9.17) is 17.2 Å². The van der Waals surface area contributed by atoms with Crippen molar-refractivity contribution < 1.29 is 67.7 Å². The minimum absolute atomic E-state index is 0.00140. The van der Waals surface area contributed by atoms with Gasteiger partial charge in [-0.1, -0.05) is 76.1 Å². The molecule has 2 saturated heterocycles. The molecule has 0 aliphatic carbocycles. The number of likely N-dealkylation sites (tertiary alicyclic amines) is 2. The van der Waals surface area contributed by atoms with Gasteiger partial charge in [-0.3, -0.25) is 57.7 Å². The van der Waals surface area contributed by atoms with Crippen molar-refractivity contribution in [1.82, 2.24) is 57.7 Å². The summed E-state index contributed by atoms with van der Waals surface area (Å²) in [5.74, 6) is -9.78. The molecular weight excluding hydrogens is 1130 g/mol. The van der Waals surface area contributed by atoms with Crippen molar-refractivity contribution in [2.75, 3.05) is 39.3 Å². The Balaban J connectivity index is 1.51. The van der Waals surface area contributed by atoms with Gasteiger partial charge in [-0.25, -0.2) is 4.79 Å². The number of benzene rings is 1. The molecule has 3 aliphatic heterocycles. The molecule has 29 heteroatoms. The fraction of sp³-hybridized carbons (Fsp3) is 0.638. The van der Waals surface area contributed by atoms with Gasteiger partial charge >= 0.3 is 5.97 Å². The Labute approximate surface area is 507 Å². The molecular formula is C58H91N15O14. The normalized spacial score (nSPS) is 22.6. The van der Waals surface area contributed by atoms with Crippen molar-refractivity contribution in [2.45, 2.75) is 191 Å². The number of aliphatic carboxylic acids is 1. The van der Waals surface area contributed by atoms with Crippen LogP contribution in [0.3, 0.4) is 0 Å².